The van der Waals surface area contributed by atoms with Crippen LogP contribution in [0, 0.1) is 5.92 Å². The third-order valence-corrected chi connectivity index (χ3v) is 2.00. The molecule has 1 unspecified atom stereocenters. The minimum atomic E-state index is -0.636. The second kappa shape index (κ2) is 9.44. The Balaban J connectivity index is 0. The van der Waals surface area contributed by atoms with Crippen molar-refractivity contribution in [3.63, 3.8) is 0 Å². The summed E-state index contributed by atoms with van der Waals surface area (Å²) in [5, 5.41) is 8.67. The smallest absolute Gasteiger partial charge is 0.306 e. The Hall–Kier alpha value is 0.353. The van der Waals surface area contributed by atoms with Crippen molar-refractivity contribution < 1.29 is 36.1 Å². The Kier molecular flexibility index (Phi) is 11.7. The predicted molar refractivity (Wildman–Crippen MR) is 45.6 cm³/mol. The largest absolute Gasteiger partial charge is 0.481 e. The Morgan fingerprint density at radius 3 is 2.25 bits per heavy atom. The Labute approximate surface area is 93.9 Å². The molecule has 0 saturated heterocycles. The van der Waals surface area contributed by atoms with Gasteiger partial charge in [-0.3, -0.25) is 4.79 Å². The molecule has 70 valence electrons. The van der Waals surface area contributed by atoms with Gasteiger partial charge in [0.05, 0.1) is 5.92 Å². The first-order valence-electron chi connectivity index (χ1n) is 4.45. The van der Waals surface area contributed by atoms with Crippen molar-refractivity contribution in [3.8, 4) is 0 Å². The first-order chi connectivity index (χ1) is 5.22. The molecule has 0 amide bonds. The molecule has 0 saturated carbocycles. The zero-order valence-corrected chi connectivity index (χ0v) is 10.4. The van der Waals surface area contributed by atoms with Crippen molar-refractivity contribution in [3.05, 3.63) is 0 Å². The fraction of sp³-hybridized carbons (Fsp3) is 0.889. The average Bonchev–Trinajstić information content (AvgIpc) is 1.97. The van der Waals surface area contributed by atoms with E-state index in [9.17, 15) is 4.79 Å². The Bertz CT molecular complexity index is 115. The molecule has 0 heterocycles. The van der Waals surface area contributed by atoms with Crippen molar-refractivity contribution in [2.75, 3.05) is 0 Å². The molecule has 0 bridgehead atoms. The quantitative estimate of drug-likeness (QED) is 0.735. The molecular formula is C9H18O2Zr. The summed E-state index contributed by atoms with van der Waals surface area (Å²) < 4.78 is 0. The Morgan fingerprint density at radius 1 is 1.33 bits per heavy atom. The van der Waals surface area contributed by atoms with Gasteiger partial charge in [0, 0.05) is 26.2 Å². The van der Waals surface area contributed by atoms with Gasteiger partial charge in [0.15, 0.2) is 0 Å². The van der Waals surface area contributed by atoms with Crippen LogP contribution >= 0.6 is 0 Å². The molecule has 0 spiro atoms. The molecule has 0 aliphatic rings. The number of carboxylic acid groups (broad SMARTS) is 1. The molecular weight excluding hydrogens is 231 g/mol. The summed E-state index contributed by atoms with van der Waals surface area (Å²) in [5.74, 6) is -0.745. The van der Waals surface area contributed by atoms with E-state index >= 15 is 0 Å². The van der Waals surface area contributed by atoms with Crippen LogP contribution in [0.15, 0.2) is 0 Å². The van der Waals surface area contributed by atoms with Crippen LogP contribution in [0.25, 0.3) is 0 Å². The third-order valence-electron chi connectivity index (χ3n) is 2.00. The van der Waals surface area contributed by atoms with Crippen LogP contribution in [-0.2, 0) is 31.0 Å². The summed E-state index contributed by atoms with van der Waals surface area (Å²) in [6.45, 7) is 4.06. The van der Waals surface area contributed by atoms with E-state index in [1.165, 1.54) is 0 Å². The average molecular weight is 249 g/mol. The number of aliphatic carboxylic acids is 1. The first kappa shape index (κ1) is 14.9. The van der Waals surface area contributed by atoms with Crippen molar-refractivity contribution in [1.29, 1.82) is 0 Å². The summed E-state index contributed by atoms with van der Waals surface area (Å²) in [6.07, 6.45) is 4.99. The second-order valence-corrected chi connectivity index (χ2v) is 2.94. The number of hydrogen-bond acceptors (Lipinski definition) is 1. The van der Waals surface area contributed by atoms with Crippen molar-refractivity contribution >= 4 is 5.97 Å². The summed E-state index contributed by atoms with van der Waals surface area (Å²) in [7, 11) is 0. The minimum Gasteiger partial charge on any atom is -0.481 e. The van der Waals surface area contributed by atoms with Gasteiger partial charge in [-0.2, -0.15) is 0 Å². The maximum Gasteiger partial charge on any atom is 0.306 e. The van der Waals surface area contributed by atoms with E-state index in [1.54, 1.807) is 0 Å². The molecule has 0 fully saturated rings. The fourth-order valence-electron chi connectivity index (χ4n) is 1.14. The monoisotopic (exact) mass is 248 g/mol. The van der Waals surface area contributed by atoms with Crippen LogP contribution in [0.4, 0.5) is 0 Å². The molecule has 1 atom stereocenters. The van der Waals surface area contributed by atoms with E-state index in [2.05, 4.69) is 6.92 Å². The number of carboxylic acids is 1. The van der Waals surface area contributed by atoms with Gasteiger partial charge in [0.25, 0.3) is 0 Å². The van der Waals surface area contributed by atoms with E-state index < -0.39 is 5.97 Å². The summed E-state index contributed by atoms with van der Waals surface area (Å²) >= 11 is 0. The summed E-state index contributed by atoms with van der Waals surface area (Å²) in [6, 6.07) is 0. The molecule has 1 N–H and O–H groups in total. The molecule has 0 aromatic carbocycles. The van der Waals surface area contributed by atoms with Gasteiger partial charge in [0.1, 0.15) is 0 Å². The van der Waals surface area contributed by atoms with E-state index in [0.717, 1.165) is 32.1 Å². The van der Waals surface area contributed by atoms with E-state index in [1.807, 2.05) is 6.92 Å². The van der Waals surface area contributed by atoms with Crippen LogP contribution < -0.4 is 0 Å². The SMILES string of the molecule is CCCCCC(CC)C(=O)O.[Zr]. The molecule has 0 radical (unpaired) electrons. The zero-order valence-electron chi connectivity index (χ0n) is 7.97. The normalized spacial score (nSPS) is 11.8. The van der Waals surface area contributed by atoms with Gasteiger partial charge >= 0.3 is 5.97 Å². The van der Waals surface area contributed by atoms with Gasteiger partial charge in [0.2, 0.25) is 0 Å². The molecule has 2 nitrogen and oxygen atoms in total. The third kappa shape index (κ3) is 7.03. The molecule has 0 rings (SSSR count). The number of hydrogen-bond donors (Lipinski definition) is 1. The maximum absolute atomic E-state index is 10.5. The van der Waals surface area contributed by atoms with Crippen LogP contribution in [-0.4, -0.2) is 11.1 Å². The predicted octanol–water partition coefficient (Wildman–Crippen LogP) is 2.68. The van der Waals surface area contributed by atoms with Gasteiger partial charge in [-0.15, -0.1) is 0 Å². The van der Waals surface area contributed by atoms with Gasteiger partial charge < -0.3 is 5.11 Å². The maximum atomic E-state index is 10.5. The van der Waals surface area contributed by atoms with Crippen molar-refractivity contribution in [2.24, 2.45) is 5.92 Å². The Morgan fingerprint density at radius 2 is 1.92 bits per heavy atom. The van der Waals surface area contributed by atoms with Crippen LogP contribution in [0.3, 0.4) is 0 Å². The summed E-state index contributed by atoms with van der Waals surface area (Å²) in [4.78, 5) is 10.5. The fourth-order valence-corrected chi connectivity index (χ4v) is 1.14. The minimum absolute atomic E-state index is 0. The standard InChI is InChI=1S/C9H18O2.Zr/c1-3-5-6-7-8(4-2)9(10)11;/h8H,3-7H2,1-2H3,(H,10,11);. The van der Waals surface area contributed by atoms with Crippen molar-refractivity contribution in [1.82, 2.24) is 0 Å². The number of rotatable bonds is 6. The van der Waals surface area contributed by atoms with Crippen LogP contribution in [0.1, 0.15) is 46.0 Å². The van der Waals surface area contributed by atoms with E-state index in [-0.39, 0.29) is 32.1 Å². The molecule has 3 heteroatoms. The molecule has 0 aromatic heterocycles. The molecule has 0 aliphatic carbocycles. The molecule has 0 aromatic rings. The second-order valence-electron chi connectivity index (χ2n) is 2.94. The van der Waals surface area contributed by atoms with Crippen LogP contribution in [0.2, 0.25) is 0 Å². The van der Waals surface area contributed by atoms with Gasteiger partial charge in [-0.25, -0.2) is 0 Å². The van der Waals surface area contributed by atoms with Gasteiger partial charge in [-0.1, -0.05) is 33.1 Å². The number of carbonyl (C=O) groups is 1. The van der Waals surface area contributed by atoms with Crippen LogP contribution in [0.5, 0.6) is 0 Å². The topological polar surface area (TPSA) is 37.3 Å². The molecule has 12 heavy (non-hydrogen) atoms. The zero-order chi connectivity index (χ0) is 8.69. The molecule has 0 aliphatic heterocycles. The number of unbranched alkanes of at least 4 members (excludes halogenated alkanes) is 2. The van der Waals surface area contributed by atoms with Gasteiger partial charge in [-0.05, 0) is 12.8 Å². The van der Waals surface area contributed by atoms with E-state index in [4.69, 9.17) is 5.11 Å². The van der Waals surface area contributed by atoms with Crippen molar-refractivity contribution in [2.45, 2.75) is 46.0 Å². The first-order valence-corrected chi connectivity index (χ1v) is 4.45. The van der Waals surface area contributed by atoms with E-state index in [0.29, 0.717) is 0 Å². The summed E-state index contributed by atoms with van der Waals surface area (Å²) in [5.41, 5.74) is 0.